The van der Waals surface area contributed by atoms with E-state index in [0.29, 0.717) is 6.29 Å². The van der Waals surface area contributed by atoms with Crippen LogP contribution >= 0.6 is 11.8 Å². The first-order chi connectivity index (χ1) is 21.3. The van der Waals surface area contributed by atoms with E-state index < -0.39 is 102 Å². The van der Waals surface area contributed by atoms with E-state index in [4.69, 9.17) is 10.2 Å². The van der Waals surface area contributed by atoms with Crippen LogP contribution in [0.3, 0.4) is 0 Å². The lowest BCUT2D eigenvalue weighted by molar-refractivity contribution is -0.139. The third kappa shape index (κ3) is 15.7. The van der Waals surface area contributed by atoms with Crippen molar-refractivity contribution in [2.75, 3.05) is 6.26 Å². The smallest absolute Gasteiger partial charge is 0.303 e. The fourth-order valence-electron chi connectivity index (χ4n) is 3.84. The van der Waals surface area contributed by atoms with Gasteiger partial charge in [-0.3, -0.25) is 38.4 Å². The molecular formula is C28H46N6O11S. The molecule has 0 spiro atoms. The maximum atomic E-state index is 13.0. The van der Waals surface area contributed by atoms with Crippen LogP contribution in [0.5, 0.6) is 0 Å². The second kappa shape index (κ2) is 20.7. The Morgan fingerprint density at radius 1 is 0.587 bits per heavy atom. The molecular weight excluding hydrogens is 628 g/mol. The third-order valence-electron chi connectivity index (χ3n) is 6.60. The predicted octanol–water partition coefficient (Wildman–Crippen LogP) is -0.868. The van der Waals surface area contributed by atoms with Crippen LogP contribution < -0.4 is 31.9 Å². The van der Waals surface area contributed by atoms with Gasteiger partial charge in [0.05, 0.1) is 6.04 Å². The van der Waals surface area contributed by atoms with E-state index in [9.17, 15) is 43.2 Å². The lowest BCUT2D eigenvalue weighted by atomic mass is 9.99. The Labute approximate surface area is 271 Å². The molecule has 0 aromatic heterocycles. The Bertz CT molecular complexity index is 1130. The van der Waals surface area contributed by atoms with E-state index in [1.165, 1.54) is 13.8 Å². The SMILES string of the molecule is CSC(=O)NC(C(=O)NC(C(=O)N[C@@H](C)C(=O)N[C@@H](C)C(=O)N[C@@H](CCC(=O)O)C(=O)N[C@H](C=O)CCC(=O)O)C(C)C)C(C)C. The Morgan fingerprint density at radius 3 is 1.48 bits per heavy atom. The first-order valence-corrected chi connectivity index (χ1v) is 15.8. The molecule has 8 N–H and O–H groups in total. The van der Waals surface area contributed by atoms with Crippen molar-refractivity contribution in [2.45, 2.75) is 103 Å². The number of hydrogen-bond donors (Lipinski definition) is 8. The summed E-state index contributed by atoms with van der Waals surface area (Å²) in [4.78, 5) is 109. The zero-order valence-corrected chi connectivity index (χ0v) is 27.8. The standard InChI is InChI=1S/C28H46N6O11S/c1-13(2)21(33-27(44)22(14(3)4)34-28(45)46-7)26(43)30-15(5)23(40)29-16(6)24(41)32-18(9-11-20(38)39)25(42)31-17(12-35)8-10-19(36)37/h12-18,21-22H,8-11H2,1-7H3,(H,29,40)(H,30,43)(H,31,42)(H,32,41)(H,33,44)(H,34,45)(H,36,37)(H,38,39)/t15-,16-,17-,18-,21?,22?/m0/s1. The van der Waals surface area contributed by atoms with Crippen LogP contribution in [0.25, 0.3) is 0 Å². The van der Waals surface area contributed by atoms with Crippen LogP contribution in [0, 0.1) is 11.8 Å². The molecule has 0 rings (SSSR count). The molecule has 6 amide bonds. The van der Waals surface area contributed by atoms with Gasteiger partial charge in [-0.15, -0.1) is 0 Å². The van der Waals surface area contributed by atoms with Crippen LogP contribution in [0.4, 0.5) is 4.79 Å². The second-order valence-electron chi connectivity index (χ2n) is 11.2. The summed E-state index contributed by atoms with van der Waals surface area (Å²) >= 11 is 0.895. The van der Waals surface area contributed by atoms with Crippen molar-refractivity contribution < 1.29 is 53.4 Å². The number of carboxylic acids is 2. The molecule has 0 aromatic rings. The molecule has 0 saturated carbocycles. The number of aliphatic carboxylic acids is 2. The number of thioether (sulfide) groups is 1. The molecule has 0 fully saturated rings. The number of hydrogen-bond acceptors (Lipinski definition) is 10. The molecule has 0 saturated heterocycles. The van der Waals surface area contributed by atoms with Gasteiger partial charge in [0.15, 0.2) is 0 Å². The monoisotopic (exact) mass is 674 g/mol. The fraction of sp³-hybridized carbons (Fsp3) is 0.679. The molecule has 0 bridgehead atoms. The van der Waals surface area contributed by atoms with Crippen molar-refractivity contribution in [1.29, 1.82) is 0 Å². The summed E-state index contributed by atoms with van der Waals surface area (Å²) in [6, 6.07) is -7.07. The summed E-state index contributed by atoms with van der Waals surface area (Å²) in [6.45, 7) is 9.42. The van der Waals surface area contributed by atoms with Gasteiger partial charge in [0.2, 0.25) is 29.5 Å². The number of carbonyl (C=O) groups is 9. The van der Waals surface area contributed by atoms with E-state index in [0.717, 1.165) is 11.8 Å². The van der Waals surface area contributed by atoms with Gasteiger partial charge in [-0.1, -0.05) is 39.5 Å². The number of rotatable bonds is 20. The molecule has 46 heavy (non-hydrogen) atoms. The average Bonchev–Trinajstić information content (AvgIpc) is 2.97. The molecule has 0 aromatic carbocycles. The van der Waals surface area contributed by atoms with Gasteiger partial charge in [-0.05, 0) is 44.8 Å². The van der Waals surface area contributed by atoms with Gasteiger partial charge in [0.1, 0.15) is 36.5 Å². The summed E-state index contributed by atoms with van der Waals surface area (Å²) in [5.41, 5.74) is 0. The van der Waals surface area contributed by atoms with Crippen LogP contribution in [0.1, 0.15) is 67.2 Å². The van der Waals surface area contributed by atoms with Gasteiger partial charge >= 0.3 is 11.9 Å². The van der Waals surface area contributed by atoms with Crippen molar-refractivity contribution in [3.63, 3.8) is 0 Å². The highest BCUT2D eigenvalue weighted by molar-refractivity contribution is 8.12. The zero-order valence-electron chi connectivity index (χ0n) is 27.0. The molecule has 0 aliphatic carbocycles. The molecule has 2 unspecified atom stereocenters. The summed E-state index contributed by atoms with van der Waals surface area (Å²) in [5.74, 6) is -7.05. The van der Waals surface area contributed by atoms with Crippen LogP contribution in [0.2, 0.25) is 0 Å². The minimum absolute atomic E-state index is 0.228. The highest BCUT2D eigenvalue weighted by atomic mass is 32.2. The second-order valence-corrected chi connectivity index (χ2v) is 12.0. The van der Waals surface area contributed by atoms with Crippen LogP contribution in [-0.4, -0.2) is 106 Å². The van der Waals surface area contributed by atoms with Crippen molar-refractivity contribution in [3.05, 3.63) is 0 Å². The minimum Gasteiger partial charge on any atom is -0.481 e. The van der Waals surface area contributed by atoms with E-state index in [1.807, 2.05) is 0 Å². The molecule has 6 atom stereocenters. The van der Waals surface area contributed by atoms with Crippen molar-refractivity contribution in [2.24, 2.45) is 11.8 Å². The number of carboxylic acid groups (broad SMARTS) is 2. The van der Waals surface area contributed by atoms with E-state index in [-0.39, 0.29) is 18.8 Å². The first-order valence-electron chi connectivity index (χ1n) is 14.6. The Hall–Kier alpha value is -4.22. The average molecular weight is 675 g/mol. The maximum Gasteiger partial charge on any atom is 0.303 e. The highest BCUT2D eigenvalue weighted by Crippen LogP contribution is 2.09. The predicted molar refractivity (Wildman–Crippen MR) is 166 cm³/mol. The largest absolute Gasteiger partial charge is 0.481 e. The molecule has 260 valence electrons. The van der Waals surface area contributed by atoms with E-state index in [2.05, 4.69) is 31.9 Å². The van der Waals surface area contributed by atoms with Crippen LogP contribution in [-0.2, 0) is 38.4 Å². The number of amides is 6. The number of carbonyl (C=O) groups excluding carboxylic acids is 7. The number of nitrogens with one attached hydrogen (secondary N) is 6. The molecule has 0 aliphatic heterocycles. The van der Waals surface area contributed by atoms with Gasteiger partial charge in [-0.2, -0.15) is 0 Å². The summed E-state index contributed by atoms with van der Waals surface area (Å²) < 4.78 is 0. The molecule has 18 heteroatoms. The summed E-state index contributed by atoms with van der Waals surface area (Å²) in [6.07, 6.45) is 0.319. The van der Waals surface area contributed by atoms with E-state index in [1.54, 1.807) is 34.0 Å². The van der Waals surface area contributed by atoms with Gasteiger partial charge in [0.25, 0.3) is 5.24 Å². The van der Waals surface area contributed by atoms with Gasteiger partial charge in [-0.25, -0.2) is 0 Å². The molecule has 0 heterocycles. The normalized spacial score (nSPS) is 14.8. The van der Waals surface area contributed by atoms with Crippen molar-refractivity contribution in [1.82, 2.24) is 31.9 Å². The Balaban J connectivity index is 5.43. The van der Waals surface area contributed by atoms with Crippen molar-refractivity contribution in [3.8, 4) is 0 Å². The summed E-state index contributed by atoms with van der Waals surface area (Å²) in [5, 5.41) is 32.0. The highest BCUT2D eigenvalue weighted by Gasteiger charge is 2.32. The third-order valence-corrected chi connectivity index (χ3v) is 7.09. The zero-order chi connectivity index (χ0) is 35.7. The minimum atomic E-state index is -1.43. The van der Waals surface area contributed by atoms with E-state index >= 15 is 0 Å². The van der Waals surface area contributed by atoms with Gasteiger partial charge in [0, 0.05) is 12.8 Å². The topological polar surface area (TPSA) is 266 Å². The first kappa shape index (κ1) is 41.8. The van der Waals surface area contributed by atoms with Crippen LogP contribution in [0.15, 0.2) is 0 Å². The quantitative estimate of drug-likeness (QED) is 0.0733. The maximum absolute atomic E-state index is 13.0. The molecule has 0 radical (unpaired) electrons. The fourth-order valence-corrected chi connectivity index (χ4v) is 4.09. The Kier molecular flexibility index (Phi) is 18.8. The molecule has 0 aliphatic rings. The lowest BCUT2D eigenvalue weighted by Crippen LogP contribution is -2.59. The van der Waals surface area contributed by atoms with Crippen molar-refractivity contribution >= 4 is 64.8 Å². The Morgan fingerprint density at radius 2 is 1.02 bits per heavy atom. The lowest BCUT2D eigenvalue weighted by Gasteiger charge is -2.28. The molecule has 17 nitrogen and oxygen atoms in total. The van der Waals surface area contributed by atoms with Gasteiger partial charge < -0.3 is 46.9 Å². The summed E-state index contributed by atoms with van der Waals surface area (Å²) in [7, 11) is 0. The number of aldehydes is 1.